The van der Waals surface area contributed by atoms with Gasteiger partial charge in [-0.1, -0.05) is 0 Å². The molecular weight excluding hydrogens is 254 g/mol. The number of hydrogen-bond donors (Lipinski definition) is 1. The number of aliphatic hydroxyl groups excluding tert-OH is 1. The number of esters is 2. The van der Waals surface area contributed by atoms with Gasteiger partial charge in [0.25, 0.3) is 0 Å². The highest BCUT2D eigenvalue weighted by atomic mass is 16.5. The topological polar surface area (TPSA) is 89.9 Å². The van der Waals surface area contributed by atoms with Crippen molar-refractivity contribution in [1.82, 2.24) is 0 Å². The first-order valence-electron chi connectivity index (χ1n) is 6.08. The molecule has 1 amide bonds. The zero-order chi connectivity index (χ0) is 14.6. The van der Waals surface area contributed by atoms with Crippen molar-refractivity contribution < 1.29 is 33.4 Å². The van der Waals surface area contributed by atoms with Crippen LogP contribution in [0.25, 0.3) is 0 Å². The van der Waals surface area contributed by atoms with E-state index in [1.165, 1.54) is 21.1 Å². The molecule has 0 radical (unpaired) electrons. The maximum absolute atomic E-state index is 12.1. The number of aliphatic hydroxyl groups is 1. The lowest BCUT2D eigenvalue weighted by molar-refractivity contribution is -0.881. The van der Waals surface area contributed by atoms with Crippen LogP contribution in [0.3, 0.4) is 0 Å². The molecule has 3 atom stereocenters. The van der Waals surface area contributed by atoms with E-state index in [1.54, 1.807) is 0 Å². The highest BCUT2D eigenvalue weighted by molar-refractivity contribution is 5.81. The van der Waals surface area contributed by atoms with Crippen LogP contribution in [0, 0.1) is 5.92 Å². The van der Waals surface area contributed by atoms with E-state index >= 15 is 0 Å². The minimum Gasteiger partial charge on any atom is -0.469 e. The van der Waals surface area contributed by atoms with Gasteiger partial charge in [-0.05, 0) is 6.92 Å². The Morgan fingerprint density at radius 3 is 2.37 bits per heavy atom. The fourth-order valence-electron chi connectivity index (χ4n) is 2.28. The van der Waals surface area contributed by atoms with Gasteiger partial charge >= 0.3 is 17.8 Å². The molecule has 0 aromatic heterocycles. The molecule has 0 unspecified atom stereocenters. The van der Waals surface area contributed by atoms with Crippen LogP contribution < -0.4 is 0 Å². The summed E-state index contributed by atoms with van der Waals surface area (Å²) in [5.41, 5.74) is 0. The van der Waals surface area contributed by atoms with Gasteiger partial charge < -0.3 is 14.6 Å². The lowest BCUT2D eigenvalue weighted by Crippen LogP contribution is -2.72. The largest absolute Gasteiger partial charge is 0.469 e. The fourth-order valence-corrected chi connectivity index (χ4v) is 2.28. The molecule has 1 N–H and O–H groups in total. The SMILES string of the molecule is COC(=O)CC[N@+]1(CC(=O)OC)C[C@@H]([C@H](C)O)C1=O. The lowest BCUT2D eigenvalue weighted by atomic mass is 9.89. The van der Waals surface area contributed by atoms with Gasteiger partial charge in [0.2, 0.25) is 0 Å². The van der Waals surface area contributed by atoms with E-state index < -0.39 is 24.0 Å². The first-order valence-corrected chi connectivity index (χ1v) is 6.08. The Morgan fingerprint density at radius 2 is 1.95 bits per heavy atom. The van der Waals surface area contributed by atoms with E-state index in [2.05, 4.69) is 9.47 Å². The van der Waals surface area contributed by atoms with E-state index in [0.29, 0.717) is 6.54 Å². The maximum Gasteiger partial charge on any atom is 0.362 e. The van der Waals surface area contributed by atoms with Crippen LogP contribution in [0.1, 0.15) is 13.3 Å². The standard InChI is InChI=1S/C12H20NO6/c1-8(14)9-6-13(12(9)17,7-11(16)19-3)5-4-10(15)18-2/h8-9,14H,4-7H2,1-3H3/q+1/t8-,9-,13+/m0/s1. The van der Waals surface area contributed by atoms with Crippen molar-refractivity contribution >= 4 is 17.8 Å². The van der Waals surface area contributed by atoms with Gasteiger partial charge in [0.05, 0.1) is 33.3 Å². The third-order valence-corrected chi connectivity index (χ3v) is 3.54. The zero-order valence-electron chi connectivity index (χ0n) is 11.4. The fraction of sp³-hybridized carbons (Fsp3) is 0.750. The van der Waals surface area contributed by atoms with Crippen LogP contribution in [-0.4, -0.2) is 67.4 Å². The second-order valence-corrected chi connectivity index (χ2v) is 4.80. The summed E-state index contributed by atoms with van der Waals surface area (Å²) in [6.45, 7) is 1.94. The summed E-state index contributed by atoms with van der Waals surface area (Å²) in [7, 11) is 2.51. The summed E-state index contributed by atoms with van der Waals surface area (Å²) in [5, 5.41) is 9.45. The van der Waals surface area contributed by atoms with Crippen molar-refractivity contribution in [2.45, 2.75) is 19.4 Å². The number of nitrogens with zero attached hydrogens (tertiary/aromatic N) is 1. The first kappa shape index (κ1) is 15.6. The normalized spacial score (nSPS) is 27.4. The molecule has 7 nitrogen and oxygen atoms in total. The Bertz CT molecular complexity index is 380. The summed E-state index contributed by atoms with van der Waals surface area (Å²) < 4.78 is 8.95. The Balaban J connectivity index is 2.74. The van der Waals surface area contributed by atoms with Crippen LogP contribution in [-0.2, 0) is 23.9 Å². The van der Waals surface area contributed by atoms with Gasteiger partial charge in [0.1, 0.15) is 12.5 Å². The van der Waals surface area contributed by atoms with Crippen molar-refractivity contribution in [3.63, 3.8) is 0 Å². The number of carbonyl (C=O) groups excluding carboxylic acids is 3. The van der Waals surface area contributed by atoms with E-state index in [1.807, 2.05) is 0 Å². The van der Waals surface area contributed by atoms with Crippen LogP contribution in [0.4, 0.5) is 0 Å². The third kappa shape index (κ3) is 3.30. The van der Waals surface area contributed by atoms with Crippen molar-refractivity contribution in [1.29, 1.82) is 0 Å². The molecule has 1 fully saturated rings. The van der Waals surface area contributed by atoms with E-state index in [0.717, 1.165) is 0 Å². The predicted molar refractivity (Wildman–Crippen MR) is 63.7 cm³/mol. The highest BCUT2D eigenvalue weighted by Crippen LogP contribution is 2.31. The monoisotopic (exact) mass is 274 g/mol. The molecule has 1 rings (SSSR count). The molecule has 0 aromatic rings. The Morgan fingerprint density at radius 1 is 1.37 bits per heavy atom. The molecule has 0 spiro atoms. The van der Waals surface area contributed by atoms with Gasteiger partial charge in [0, 0.05) is 0 Å². The summed E-state index contributed by atoms with van der Waals surface area (Å²) in [5.74, 6) is -1.66. The molecule has 7 heteroatoms. The van der Waals surface area contributed by atoms with Crippen molar-refractivity contribution in [2.24, 2.45) is 5.92 Å². The Labute approximate surface area is 111 Å². The summed E-state index contributed by atoms with van der Waals surface area (Å²) in [6.07, 6.45) is -0.708. The van der Waals surface area contributed by atoms with E-state index in [4.69, 9.17) is 0 Å². The Hall–Kier alpha value is -1.47. The first-order chi connectivity index (χ1) is 8.86. The Kier molecular flexibility index (Phi) is 5.02. The molecule has 1 aliphatic heterocycles. The van der Waals surface area contributed by atoms with Crippen molar-refractivity contribution in [3.05, 3.63) is 0 Å². The molecule has 1 heterocycles. The van der Waals surface area contributed by atoms with Gasteiger partial charge in [-0.25, -0.2) is 14.1 Å². The summed E-state index contributed by atoms with van der Waals surface area (Å²) in [4.78, 5) is 34.7. The number of rotatable bonds is 6. The second-order valence-electron chi connectivity index (χ2n) is 4.80. The molecule has 19 heavy (non-hydrogen) atoms. The smallest absolute Gasteiger partial charge is 0.362 e. The predicted octanol–water partition coefficient (Wildman–Crippen LogP) is -0.923. The number of likely N-dealkylation sites (tertiary alicyclic amines) is 1. The summed E-state index contributed by atoms with van der Waals surface area (Å²) >= 11 is 0. The molecule has 0 saturated carbocycles. The minimum absolute atomic E-state index is 0.0474. The number of hydrogen-bond acceptors (Lipinski definition) is 6. The van der Waals surface area contributed by atoms with Crippen LogP contribution in [0.5, 0.6) is 0 Å². The minimum atomic E-state index is -0.755. The van der Waals surface area contributed by atoms with Crippen molar-refractivity contribution in [2.75, 3.05) is 33.9 Å². The average molecular weight is 274 g/mol. The number of amides is 1. The molecule has 0 aliphatic carbocycles. The van der Waals surface area contributed by atoms with Gasteiger partial charge in [-0.2, -0.15) is 0 Å². The second kappa shape index (κ2) is 6.12. The van der Waals surface area contributed by atoms with Crippen LogP contribution in [0.2, 0.25) is 0 Å². The highest BCUT2D eigenvalue weighted by Gasteiger charge is 2.57. The molecule has 0 aromatic carbocycles. The number of ether oxygens (including phenoxy) is 2. The quantitative estimate of drug-likeness (QED) is 0.382. The number of carbonyl (C=O) groups is 3. The van der Waals surface area contributed by atoms with Crippen molar-refractivity contribution in [3.8, 4) is 0 Å². The molecule has 108 valence electrons. The summed E-state index contributed by atoms with van der Waals surface area (Å²) in [6, 6.07) is 0. The molecule has 0 bridgehead atoms. The molecular formula is C12H20NO6+. The number of methoxy groups -OCH3 is 2. The van der Waals surface area contributed by atoms with Gasteiger partial charge in [0.15, 0.2) is 6.54 Å². The van der Waals surface area contributed by atoms with Crippen LogP contribution >= 0.6 is 0 Å². The molecule has 1 aliphatic rings. The maximum atomic E-state index is 12.1. The number of quaternary nitrogens is 1. The van der Waals surface area contributed by atoms with E-state index in [-0.39, 0.29) is 29.9 Å². The third-order valence-electron chi connectivity index (χ3n) is 3.54. The lowest BCUT2D eigenvalue weighted by Gasteiger charge is -2.47. The molecule has 1 saturated heterocycles. The van der Waals surface area contributed by atoms with E-state index in [9.17, 15) is 19.5 Å². The average Bonchev–Trinajstić information content (AvgIpc) is 2.39. The zero-order valence-corrected chi connectivity index (χ0v) is 11.4. The number of β-lactam (4-membered cyclic amide) rings is 1. The van der Waals surface area contributed by atoms with Gasteiger partial charge in [-0.15, -0.1) is 0 Å². The van der Waals surface area contributed by atoms with Crippen LogP contribution in [0.15, 0.2) is 0 Å². The van der Waals surface area contributed by atoms with Gasteiger partial charge in [-0.3, -0.25) is 4.79 Å².